The predicted molar refractivity (Wildman–Crippen MR) is 92.4 cm³/mol. The van der Waals surface area contributed by atoms with Crippen molar-refractivity contribution in [2.75, 3.05) is 51.3 Å². The maximum absolute atomic E-state index is 12.9. The molecular formula is C18H21F6N3O2. The van der Waals surface area contributed by atoms with Crippen LogP contribution in [0.15, 0.2) is 18.2 Å². The van der Waals surface area contributed by atoms with Gasteiger partial charge in [0.25, 0.3) is 0 Å². The third kappa shape index (κ3) is 5.75. The molecule has 1 unspecified atom stereocenters. The molecule has 162 valence electrons. The second-order valence-electron chi connectivity index (χ2n) is 7.24. The van der Waals surface area contributed by atoms with Gasteiger partial charge in [0.2, 0.25) is 0 Å². The summed E-state index contributed by atoms with van der Waals surface area (Å²) < 4.78 is 82.9. The number of ether oxygens (including phenoxy) is 1. The first-order valence-corrected chi connectivity index (χ1v) is 9.18. The molecule has 2 aliphatic rings. The zero-order valence-corrected chi connectivity index (χ0v) is 15.4. The molecule has 1 N–H and O–H groups in total. The number of benzene rings is 1. The van der Waals surface area contributed by atoms with Crippen LogP contribution in [0.4, 0.5) is 36.8 Å². The Morgan fingerprint density at radius 1 is 1.00 bits per heavy atom. The Hall–Kier alpha value is -2.01. The maximum atomic E-state index is 12.9. The molecule has 1 aromatic rings. The van der Waals surface area contributed by atoms with Crippen LogP contribution in [0, 0.1) is 5.92 Å². The smallest absolute Gasteiger partial charge is 0.379 e. The highest BCUT2D eigenvalue weighted by Crippen LogP contribution is 2.37. The number of hydrogen-bond acceptors (Lipinski definition) is 3. The number of nitrogens with zero attached hydrogens (tertiary/aromatic N) is 2. The molecule has 0 radical (unpaired) electrons. The fraction of sp³-hybridized carbons (Fsp3) is 0.611. The highest BCUT2D eigenvalue weighted by Gasteiger charge is 2.37. The summed E-state index contributed by atoms with van der Waals surface area (Å²) in [7, 11) is 0. The molecule has 1 atom stereocenters. The van der Waals surface area contributed by atoms with Crippen molar-refractivity contribution in [2.24, 2.45) is 5.92 Å². The molecule has 0 aliphatic carbocycles. The zero-order valence-electron chi connectivity index (χ0n) is 15.4. The summed E-state index contributed by atoms with van der Waals surface area (Å²) >= 11 is 0. The number of urea groups is 1. The summed E-state index contributed by atoms with van der Waals surface area (Å²) in [6.07, 6.45) is -9.20. The van der Waals surface area contributed by atoms with Crippen LogP contribution in [0.2, 0.25) is 0 Å². The molecular weight excluding hydrogens is 404 g/mol. The summed E-state index contributed by atoms with van der Waals surface area (Å²) in [5, 5.41) is 2.19. The van der Waals surface area contributed by atoms with Crippen molar-refractivity contribution < 1.29 is 35.9 Å². The van der Waals surface area contributed by atoms with Crippen LogP contribution >= 0.6 is 0 Å². The summed E-state index contributed by atoms with van der Waals surface area (Å²) in [5.41, 5.74) is -3.46. The number of halogens is 6. The van der Waals surface area contributed by atoms with Crippen molar-refractivity contribution in [1.29, 1.82) is 0 Å². The van der Waals surface area contributed by atoms with Crippen LogP contribution in [0.1, 0.15) is 17.5 Å². The third-order valence-corrected chi connectivity index (χ3v) is 5.03. The number of anilines is 1. The Balaban J connectivity index is 1.65. The topological polar surface area (TPSA) is 44.8 Å². The Morgan fingerprint density at radius 3 is 2.14 bits per heavy atom. The van der Waals surface area contributed by atoms with Gasteiger partial charge in [-0.3, -0.25) is 4.90 Å². The van der Waals surface area contributed by atoms with Crippen molar-refractivity contribution >= 4 is 11.7 Å². The van der Waals surface area contributed by atoms with Gasteiger partial charge in [0.15, 0.2) is 0 Å². The van der Waals surface area contributed by atoms with Crippen molar-refractivity contribution in [1.82, 2.24) is 9.80 Å². The zero-order chi connectivity index (χ0) is 21.2. The normalized spacial score (nSPS) is 21.4. The van der Waals surface area contributed by atoms with E-state index in [4.69, 9.17) is 4.74 Å². The quantitative estimate of drug-likeness (QED) is 0.747. The average Bonchev–Trinajstić information content (AvgIpc) is 3.09. The minimum absolute atomic E-state index is 0.0316. The van der Waals surface area contributed by atoms with Crippen molar-refractivity contribution in [3.05, 3.63) is 29.3 Å². The highest BCUT2D eigenvalue weighted by molar-refractivity contribution is 5.89. The lowest BCUT2D eigenvalue weighted by atomic mass is 10.1. The van der Waals surface area contributed by atoms with E-state index in [-0.39, 0.29) is 12.0 Å². The minimum Gasteiger partial charge on any atom is -0.379 e. The molecule has 2 saturated heterocycles. The Bertz CT molecular complexity index is 699. The van der Waals surface area contributed by atoms with Crippen molar-refractivity contribution in [2.45, 2.75) is 18.8 Å². The van der Waals surface area contributed by atoms with E-state index >= 15 is 0 Å². The maximum Gasteiger partial charge on any atom is 0.416 e. The third-order valence-electron chi connectivity index (χ3n) is 5.03. The van der Waals surface area contributed by atoms with Crippen molar-refractivity contribution in [3.63, 3.8) is 0 Å². The first-order valence-electron chi connectivity index (χ1n) is 9.18. The molecule has 0 saturated carbocycles. The SMILES string of the molecule is O=C(Nc1cc(C(F)(F)F)cc(C(F)(F)F)c1)N1CCC(CN2CCOCC2)C1. The van der Waals surface area contributed by atoms with Gasteiger partial charge >= 0.3 is 18.4 Å². The number of likely N-dealkylation sites (tertiary alicyclic amines) is 1. The molecule has 0 spiro atoms. The van der Waals surface area contributed by atoms with E-state index in [1.165, 1.54) is 4.90 Å². The first kappa shape index (κ1) is 21.7. The number of alkyl halides is 6. The minimum atomic E-state index is -4.96. The molecule has 29 heavy (non-hydrogen) atoms. The van der Waals surface area contributed by atoms with E-state index in [1.807, 2.05) is 0 Å². The summed E-state index contributed by atoms with van der Waals surface area (Å²) in [4.78, 5) is 16.0. The van der Waals surface area contributed by atoms with E-state index in [0.29, 0.717) is 38.4 Å². The lowest BCUT2D eigenvalue weighted by Crippen LogP contribution is -2.40. The molecule has 0 aromatic heterocycles. The van der Waals surface area contributed by atoms with E-state index in [2.05, 4.69) is 10.2 Å². The van der Waals surface area contributed by atoms with E-state index in [9.17, 15) is 31.1 Å². The molecule has 2 fully saturated rings. The molecule has 2 amide bonds. The second-order valence-corrected chi connectivity index (χ2v) is 7.24. The fourth-order valence-corrected chi connectivity index (χ4v) is 3.54. The average molecular weight is 425 g/mol. The predicted octanol–water partition coefficient (Wildman–Crippen LogP) is 3.91. The standard InChI is InChI=1S/C18H21F6N3O2/c19-17(20,21)13-7-14(18(22,23)24)9-15(8-13)25-16(28)27-2-1-12(11-27)10-26-3-5-29-6-4-26/h7-9,12H,1-6,10-11H2,(H,25,28). The van der Waals surface area contributed by atoms with Gasteiger partial charge in [0, 0.05) is 38.4 Å². The van der Waals surface area contributed by atoms with E-state index in [1.54, 1.807) is 0 Å². The summed E-state index contributed by atoms with van der Waals surface area (Å²) in [6.45, 7) is 4.46. The number of amides is 2. The van der Waals surface area contributed by atoms with Gasteiger partial charge in [-0.25, -0.2) is 4.79 Å². The second kappa shape index (κ2) is 8.39. The lowest BCUT2D eigenvalue weighted by Gasteiger charge is -2.29. The van der Waals surface area contributed by atoms with Crippen molar-refractivity contribution in [3.8, 4) is 0 Å². The lowest BCUT2D eigenvalue weighted by molar-refractivity contribution is -0.143. The van der Waals surface area contributed by atoms with E-state index < -0.39 is 35.2 Å². The number of carbonyl (C=O) groups is 1. The summed E-state index contributed by atoms with van der Waals surface area (Å²) in [6, 6.07) is 0.342. The molecule has 0 bridgehead atoms. The highest BCUT2D eigenvalue weighted by atomic mass is 19.4. The number of morpholine rings is 1. The molecule has 3 rings (SSSR count). The number of hydrogen-bond donors (Lipinski definition) is 1. The van der Waals surface area contributed by atoms with Crippen LogP contribution in [0.3, 0.4) is 0 Å². The van der Waals surface area contributed by atoms with Gasteiger partial charge in [-0.15, -0.1) is 0 Å². The summed E-state index contributed by atoms with van der Waals surface area (Å²) in [5.74, 6) is 0.200. The number of rotatable bonds is 3. The molecule has 2 heterocycles. The van der Waals surface area contributed by atoms with E-state index in [0.717, 1.165) is 26.1 Å². The fourth-order valence-electron chi connectivity index (χ4n) is 3.54. The molecule has 2 aliphatic heterocycles. The van der Waals surface area contributed by atoms with Gasteiger partial charge in [0.1, 0.15) is 0 Å². The van der Waals surface area contributed by atoms with Gasteiger partial charge < -0.3 is 15.0 Å². The van der Waals surface area contributed by atoms with Crippen LogP contribution in [0.5, 0.6) is 0 Å². The van der Waals surface area contributed by atoms with Crippen LogP contribution in [-0.4, -0.2) is 61.8 Å². The molecule has 11 heteroatoms. The van der Waals surface area contributed by atoms with Crippen LogP contribution < -0.4 is 5.32 Å². The first-order chi connectivity index (χ1) is 13.5. The van der Waals surface area contributed by atoms with Gasteiger partial charge in [-0.1, -0.05) is 0 Å². The number of carbonyl (C=O) groups excluding carboxylic acids is 1. The number of nitrogens with one attached hydrogen (secondary N) is 1. The molecule has 1 aromatic carbocycles. The largest absolute Gasteiger partial charge is 0.416 e. The van der Waals surface area contributed by atoms with Crippen LogP contribution in [-0.2, 0) is 17.1 Å². The monoisotopic (exact) mass is 425 g/mol. The molecule has 5 nitrogen and oxygen atoms in total. The Kier molecular flexibility index (Phi) is 6.27. The van der Waals surface area contributed by atoms with Gasteiger partial charge in [-0.2, -0.15) is 26.3 Å². The Morgan fingerprint density at radius 2 is 1.59 bits per heavy atom. The van der Waals surface area contributed by atoms with Crippen LogP contribution in [0.25, 0.3) is 0 Å². The van der Waals surface area contributed by atoms with Gasteiger partial charge in [0.05, 0.1) is 24.3 Å². The van der Waals surface area contributed by atoms with Gasteiger partial charge in [-0.05, 0) is 30.5 Å². The Labute approximate surface area is 163 Å².